The lowest BCUT2D eigenvalue weighted by Crippen LogP contribution is -2.36. The summed E-state index contributed by atoms with van der Waals surface area (Å²) in [5.74, 6) is -0.754. The number of nitrogens with one attached hydrogen (secondary N) is 2. The van der Waals surface area contributed by atoms with Gasteiger partial charge in [-0.15, -0.1) is 0 Å². The largest absolute Gasteiger partial charge is 0.481 e. The Morgan fingerprint density at radius 2 is 1.71 bits per heavy atom. The molecule has 6 heteroatoms. The van der Waals surface area contributed by atoms with Gasteiger partial charge in [0.05, 0.1) is 0 Å². The number of benzene rings is 3. The molecule has 3 aromatic carbocycles. The van der Waals surface area contributed by atoms with Crippen LogP contribution in [0.5, 0.6) is 0 Å². The summed E-state index contributed by atoms with van der Waals surface area (Å²) in [6, 6.07) is 22.6. The average Bonchev–Trinajstić information content (AvgIpc) is 2.85. The Bertz CT molecular complexity index is 1130. The summed E-state index contributed by atoms with van der Waals surface area (Å²) in [5.41, 5.74) is 3.53. The summed E-state index contributed by atoms with van der Waals surface area (Å²) in [6.45, 7) is 2.12. The lowest BCUT2D eigenvalue weighted by atomic mass is 9.86. The molecule has 0 saturated heterocycles. The Hall–Kier alpha value is -3.38. The third kappa shape index (κ3) is 6.35. The van der Waals surface area contributed by atoms with E-state index in [0.717, 1.165) is 55.2 Å². The van der Waals surface area contributed by atoms with Crippen molar-refractivity contribution in [1.82, 2.24) is 10.2 Å². The van der Waals surface area contributed by atoms with E-state index in [9.17, 15) is 9.59 Å². The van der Waals surface area contributed by atoms with Crippen molar-refractivity contribution >= 4 is 28.5 Å². The van der Waals surface area contributed by atoms with E-state index in [-0.39, 0.29) is 12.5 Å². The van der Waals surface area contributed by atoms with Crippen molar-refractivity contribution in [3.8, 4) is 0 Å². The van der Waals surface area contributed by atoms with Crippen LogP contribution < -0.4 is 10.6 Å². The molecule has 3 aromatic rings. The SMILES string of the molecule is O=C(O)CCCN(CCCNC(=O)Nc1ccc2ccccc2c1)C1CCCc2ccccc21. The number of urea groups is 1. The number of rotatable bonds is 10. The summed E-state index contributed by atoms with van der Waals surface area (Å²) >= 11 is 0. The first-order valence-electron chi connectivity index (χ1n) is 12.2. The molecule has 0 aromatic heterocycles. The summed E-state index contributed by atoms with van der Waals surface area (Å²) in [5, 5.41) is 17.2. The number of carboxylic acid groups (broad SMARTS) is 1. The Labute approximate surface area is 201 Å². The first kappa shape index (κ1) is 23.8. The summed E-state index contributed by atoms with van der Waals surface area (Å²) in [6.07, 6.45) is 4.94. The average molecular weight is 460 g/mol. The molecule has 0 aliphatic heterocycles. The van der Waals surface area contributed by atoms with E-state index < -0.39 is 5.97 Å². The highest BCUT2D eigenvalue weighted by atomic mass is 16.4. The number of anilines is 1. The van der Waals surface area contributed by atoms with Crippen molar-refractivity contribution < 1.29 is 14.7 Å². The lowest BCUT2D eigenvalue weighted by molar-refractivity contribution is -0.137. The van der Waals surface area contributed by atoms with Gasteiger partial charge >= 0.3 is 12.0 Å². The highest BCUT2D eigenvalue weighted by molar-refractivity contribution is 5.93. The number of aliphatic carboxylic acids is 1. The van der Waals surface area contributed by atoms with Crippen molar-refractivity contribution in [2.24, 2.45) is 0 Å². The normalized spacial score (nSPS) is 15.1. The minimum atomic E-state index is -0.754. The van der Waals surface area contributed by atoms with Crippen LogP contribution >= 0.6 is 0 Å². The van der Waals surface area contributed by atoms with Gasteiger partial charge in [-0.1, -0.05) is 54.6 Å². The zero-order valence-electron chi connectivity index (χ0n) is 19.5. The molecule has 1 aliphatic carbocycles. The topological polar surface area (TPSA) is 81.7 Å². The summed E-state index contributed by atoms with van der Waals surface area (Å²) in [4.78, 5) is 25.9. The number of fused-ring (bicyclic) bond motifs is 2. The molecular weight excluding hydrogens is 426 g/mol. The highest BCUT2D eigenvalue weighted by Crippen LogP contribution is 2.34. The summed E-state index contributed by atoms with van der Waals surface area (Å²) in [7, 11) is 0. The molecule has 0 bridgehead atoms. The van der Waals surface area contributed by atoms with Crippen molar-refractivity contribution in [1.29, 1.82) is 0 Å². The number of aryl methyl sites for hydroxylation is 1. The van der Waals surface area contributed by atoms with Crippen molar-refractivity contribution in [2.45, 2.75) is 44.6 Å². The molecule has 1 atom stereocenters. The molecule has 3 N–H and O–H groups in total. The second-order valence-corrected chi connectivity index (χ2v) is 8.94. The van der Waals surface area contributed by atoms with Gasteiger partial charge in [-0.05, 0) is 72.7 Å². The third-order valence-corrected chi connectivity index (χ3v) is 6.53. The van der Waals surface area contributed by atoms with Gasteiger partial charge in [0, 0.05) is 31.2 Å². The molecule has 1 unspecified atom stereocenters. The second-order valence-electron chi connectivity index (χ2n) is 8.94. The molecule has 0 fully saturated rings. The van der Waals surface area contributed by atoms with Gasteiger partial charge in [0.25, 0.3) is 0 Å². The number of carbonyl (C=O) groups is 2. The number of amides is 2. The van der Waals surface area contributed by atoms with E-state index in [0.29, 0.717) is 19.0 Å². The van der Waals surface area contributed by atoms with Gasteiger partial charge in [0.1, 0.15) is 0 Å². The van der Waals surface area contributed by atoms with E-state index in [2.05, 4.69) is 39.8 Å². The molecule has 0 heterocycles. The molecule has 6 nitrogen and oxygen atoms in total. The van der Waals surface area contributed by atoms with E-state index >= 15 is 0 Å². The zero-order valence-corrected chi connectivity index (χ0v) is 19.5. The molecule has 0 saturated carbocycles. The standard InChI is InChI=1S/C28H33N3O3/c32-27(33)14-6-18-31(26-13-5-11-22-9-3-4-12-25(22)26)19-7-17-29-28(34)30-24-16-15-21-8-1-2-10-23(21)20-24/h1-4,8-10,12,15-16,20,26H,5-7,11,13-14,17-19H2,(H,32,33)(H2,29,30,34). The Balaban J connectivity index is 1.30. The first-order valence-corrected chi connectivity index (χ1v) is 12.2. The zero-order chi connectivity index (χ0) is 23.8. The van der Waals surface area contributed by atoms with E-state index in [1.165, 1.54) is 11.1 Å². The van der Waals surface area contributed by atoms with E-state index in [1.54, 1.807) is 0 Å². The van der Waals surface area contributed by atoms with Crippen molar-refractivity contribution in [3.63, 3.8) is 0 Å². The number of hydrogen-bond donors (Lipinski definition) is 3. The number of hydrogen-bond acceptors (Lipinski definition) is 3. The molecule has 2 amide bonds. The Morgan fingerprint density at radius 3 is 2.56 bits per heavy atom. The van der Waals surface area contributed by atoms with Crippen LogP contribution in [0.3, 0.4) is 0 Å². The fraction of sp³-hybridized carbons (Fsp3) is 0.357. The van der Waals surface area contributed by atoms with Gasteiger partial charge in [0.2, 0.25) is 0 Å². The molecule has 0 radical (unpaired) electrons. The second kappa shape index (κ2) is 11.7. The predicted octanol–water partition coefficient (Wildman–Crippen LogP) is 5.60. The molecular formula is C28H33N3O3. The molecule has 34 heavy (non-hydrogen) atoms. The monoisotopic (exact) mass is 459 g/mol. The fourth-order valence-electron chi connectivity index (χ4n) is 4.89. The van der Waals surface area contributed by atoms with Crippen molar-refractivity contribution in [3.05, 3.63) is 77.9 Å². The van der Waals surface area contributed by atoms with Gasteiger partial charge in [-0.3, -0.25) is 9.69 Å². The van der Waals surface area contributed by atoms with Crippen LogP contribution in [-0.4, -0.2) is 41.6 Å². The predicted molar refractivity (Wildman–Crippen MR) is 136 cm³/mol. The highest BCUT2D eigenvalue weighted by Gasteiger charge is 2.25. The Kier molecular flexibility index (Phi) is 8.15. The van der Waals surface area contributed by atoms with Crippen molar-refractivity contribution in [2.75, 3.05) is 25.0 Å². The van der Waals surface area contributed by atoms with Gasteiger partial charge in [0.15, 0.2) is 0 Å². The van der Waals surface area contributed by atoms with Crippen LogP contribution in [0.25, 0.3) is 10.8 Å². The third-order valence-electron chi connectivity index (χ3n) is 6.53. The van der Waals surface area contributed by atoms with Crippen LogP contribution in [0.2, 0.25) is 0 Å². The maximum atomic E-state index is 12.4. The van der Waals surface area contributed by atoms with E-state index in [4.69, 9.17) is 5.11 Å². The first-order chi connectivity index (χ1) is 16.6. The van der Waals surface area contributed by atoms with E-state index in [1.807, 2.05) is 42.5 Å². The maximum Gasteiger partial charge on any atom is 0.319 e. The molecule has 178 valence electrons. The summed E-state index contributed by atoms with van der Waals surface area (Å²) < 4.78 is 0. The van der Waals surface area contributed by atoms with Crippen LogP contribution in [0.4, 0.5) is 10.5 Å². The van der Waals surface area contributed by atoms with Gasteiger partial charge in [-0.2, -0.15) is 0 Å². The fourth-order valence-corrected chi connectivity index (χ4v) is 4.89. The van der Waals surface area contributed by atoms with Crippen LogP contribution in [0, 0.1) is 0 Å². The molecule has 0 spiro atoms. The lowest BCUT2D eigenvalue weighted by Gasteiger charge is -2.36. The smallest absolute Gasteiger partial charge is 0.319 e. The van der Waals surface area contributed by atoms with Crippen LogP contribution in [0.15, 0.2) is 66.7 Å². The van der Waals surface area contributed by atoms with Gasteiger partial charge < -0.3 is 15.7 Å². The molecule has 4 rings (SSSR count). The Morgan fingerprint density at radius 1 is 0.941 bits per heavy atom. The van der Waals surface area contributed by atoms with Crippen LogP contribution in [0.1, 0.15) is 49.3 Å². The minimum absolute atomic E-state index is 0.178. The number of carboxylic acids is 1. The molecule has 1 aliphatic rings. The van der Waals surface area contributed by atoms with Gasteiger partial charge in [-0.25, -0.2) is 4.79 Å². The van der Waals surface area contributed by atoms with Crippen LogP contribution in [-0.2, 0) is 11.2 Å². The number of nitrogens with zero attached hydrogens (tertiary/aromatic N) is 1. The number of carbonyl (C=O) groups excluding carboxylic acids is 1. The quantitative estimate of drug-likeness (QED) is 0.345. The minimum Gasteiger partial charge on any atom is -0.481 e. The maximum absolute atomic E-state index is 12.4.